The summed E-state index contributed by atoms with van der Waals surface area (Å²) in [5.41, 5.74) is -9.80. The van der Waals surface area contributed by atoms with Crippen molar-refractivity contribution >= 4 is 33.5 Å². The first-order chi connectivity index (χ1) is 24.2. The van der Waals surface area contributed by atoms with Crippen molar-refractivity contribution in [3.63, 3.8) is 0 Å². The van der Waals surface area contributed by atoms with Crippen LogP contribution in [0.2, 0.25) is 0 Å². The van der Waals surface area contributed by atoms with E-state index in [4.69, 9.17) is 0 Å². The van der Waals surface area contributed by atoms with E-state index in [1.807, 2.05) is 0 Å². The molecule has 0 bridgehead atoms. The third-order valence-electron chi connectivity index (χ3n) is 8.34. The average Bonchev–Trinajstić information content (AvgIpc) is 3.08. The third-order valence-corrected chi connectivity index (χ3v) is 8.34. The van der Waals surface area contributed by atoms with Gasteiger partial charge in [0.2, 0.25) is 5.41 Å². The number of carboxylic acid groups (broad SMARTS) is 2. The van der Waals surface area contributed by atoms with E-state index in [1.165, 1.54) is 0 Å². The lowest BCUT2D eigenvalue weighted by atomic mass is 9.71. The maximum Gasteiger partial charge on any atom is 0.411 e. The first-order valence-corrected chi connectivity index (χ1v) is 15.1. The highest BCUT2D eigenvalue weighted by atomic mass is 19.4. The second-order valence-electron chi connectivity index (χ2n) is 11.5. The van der Waals surface area contributed by atoms with Gasteiger partial charge in [-0.3, -0.25) is 0 Å². The molecule has 0 aliphatic rings. The molecule has 6 rings (SSSR count). The summed E-state index contributed by atoms with van der Waals surface area (Å²) in [6.07, 6.45) is -12.3. The van der Waals surface area contributed by atoms with Crippen molar-refractivity contribution in [1.82, 2.24) is 0 Å². The minimum absolute atomic E-state index is 0.279. The second-order valence-corrected chi connectivity index (χ2v) is 11.5. The number of carbonyl (C=O) groups is 2. The fraction of sp³-hybridized carbons (Fsp3) is 0.0732. The number of carboxylic acids is 2. The molecule has 2 N–H and O–H groups in total. The summed E-state index contributed by atoms with van der Waals surface area (Å²) in [6, 6.07) is 27.5. The minimum atomic E-state index is -6.17. The largest absolute Gasteiger partial charge is 0.478 e. The molecule has 0 heterocycles. The van der Waals surface area contributed by atoms with Gasteiger partial charge in [-0.25, -0.2) is 9.59 Å². The van der Waals surface area contributed by atoms with Crippen LogP contribution in [0.25, 0.3) is 21.5 Å². The lowest BCUT2D eigenvalue weighted by Gasteiger charge is -2.38. The van der Waals surface area contributed by atoms with Gasteiger partial charge < -0.3 is 10.2 Å². The Kier molecular flexibility index (Phi) is 8.80. The zero-order valence-corrected chi connectivity index (χ0v) is 26.0. The van der Waals surface area contributed by atoms with Crippen molar-refractivity contribution in [2.24, 2.45) is 0 Å². The molecule has 4 nitrogen and oxygen atoms in total. The number of rotatable bonds is 4. The van der Waals surface area contributed by atoms with Gasteiger partial charge in [-0.2, -0.15) is 26.3 Å². The van der Waals surface area contributed by atoms with Crippen LogP contribution in [-0.2, 0) is 5.41 Å². The summed E-state index contributed by atoms with van der Waals surface area (Å²) in [6.45, 7) is 0. The predicted octanol–water partition coefficient (Wildman–Crippen LogP) is 9.60. The van der Waals surface area contributed by atoms with E-state index >= 15 is 26.3 Å². The van der Waals surface area contributed by atoms with Crippen molar-refractivity contribution in [3.8, 4) is 23.7 Å². The fourth-order valence-electron chi connectivity index (χ4n) is 6.01. The van der Waals surface area contributed by atoms with Gasteiger partial charge in [-0.15, -0.1) is 0 Å². The summed E-state index contributed by atoms with van der Waals surface area (Å²) in [4.78, 5) is 24.2. The smallest absolute Gasteiger partial charge is 0.411 e. The first kappa shape index (κ1) is 34.3. The number of hydrogen-bond acceptors (Lipinski definition) is 2. The van der Waals surface area contributed by atoms with Crippen molar-refractivity contribution in [2.45, 2.75) is 17.8 Å². The van der Waals surface area contributed by atoms with Crippen LogP contribution in [0, 0.1) is 23.7 Å². The molecule has 0 radical (unpaired) electrons. The number of halogens is 6. The molecule has 0 aromatic heterocycles. The van der Waals surface area contributed by atoms with Gasteiger partial charge in [-0.1, -0.05) is 96.5 Å². The number of hydrogen-bond donors (Lipinski definition) is 2. The number of fused-ring (bicyclic) bond motifs is 2. The summed E-state index contributed by atoms with van der Waals surface area (Å²) in [7, 11) is 0. The summed E-state index contributed by atoms with van der Waals surface area (Å²) >= 11 is 0. The fourth-order valence-corrected chi connectivity index (χ4v) is 6.01. The Morgan fingerprint density at radius 1 is 0.471 bits per heavy atom. The SMILES string of the molecule is O=C(O)c1cc(C#Cc2cccc3ccccc23)cc(C(c2cc(C#Cc3cccc4ccccc34)cc(C(=O)O)c2)(C(F)(F)F)C(F)(F)F)c1. The van der Waals surface area contributed by atoms with E-state index < -0.39 is 63.1 Å². The normalized spacial score (nSPS) is 11.7. The van der Waals surface area contributed by atoms with Crippen LogP contribution in [0.3, 0.4) is 0 Å². The van der Waals surface area contributed by atoms with E-state index in [0.29, 0.717) is 34.0 Å². The molecule has 0 aliphatic carbocycles. The predicted molar refractivity (Wildman–Crippen MR) is 180 cm³/mol. The van der Waals surface area contributed by atoms with Crippen molar-refractivity contribution in [3.05, 3.63) is 166 Å². The van der Waals surface area contributed by atoms with Crippen molar-refractivity contribution in [1.29, 1.82) is 0 Å². The van der Waals surface area contributed by atoms with Gasteiger partial charge in [0.1, 0.15) is 0 Å². The molecule has 0 atom stereocenters. The maximum absolute atomic E-state index is 15.3. The number of aromatic carboxylic acids is 2. The van der Waals surface area contributed by atoms with Crippen LogP contribution in [0.4, 0.5) is 26.3 Å². The van der Waals surface area contributed by atoms with Crippen LogP contribution in [-0.4, -0.2) is 34.5 Å². The van der Waals surface area contributed by atoms with E-state index in [2.05, 4.69) is 23.7 Å². The van der Waals surface area contributed by atoms with Crippen molar-refractivity contribution in [2.75, 3.05) is 0 Å². The number of alkyl halides is 6. The molecule has 0 saturated heterocycles. The zero-order valence-electron chi connectivity index (χ0n) is 26.0. The van der Waals surface area contributed by atoms with E-state index in [-0.39, 0.29) is 12.1 Å². The monoisotopic (exact) mass is 692 g/mol. The Labute approximate surface area is 286 Å². The van der Waals surface area contributed by atoms with Gasteiger partial charge in [-0.05, 0) is 81.2 Å². The molecular weight excluding hydrogens is 670 g/mol. The Morgan fingerprint density at radius 3 is 1.22 bits per heavy atom. The van der Waals surface area contributed by atoms with Crippen LogP contribution in [0.1, 0.15) is 54.1 Å². The Bertz CT molecular complexity index is 2310. The average molecular weight is 693 g/mol. The summed E-state index contributed by atoms with van der Waals surface area (Å²) < 4.78 is 92.0. The van der Waals surface area contributed by atoms with Gasteiger partial charge in [0, 0.05) is 22.3 Å². The van der Waals surface area contributed by atoms with Crippen molar-refractivity contribution < 1.29 is 46.1 Å². The molecule has 0 saturated carbocycles. The van der Waals surface area contributed by atoms with Gasteiger partial charge in [0.15, 0.2) is 0 Å². The minimum Gasteiger partial charge on any atom is -0.478 e. The van der Waals surface area contributed by atoms with E-state index in [9.17, 15) is 19.8 Å². The quantitative estimate of drug-likeness (QED) is 0.143. The Balaban J connectivity index is 1.61. The molecule has 0 unspecified atom stereocenters. The standard InChI is InChI=1S/C41H22F6O4/c42-40(43,44)39(41(45,46)47,33-21-25(19-31(23-33)37(48)49)15-17-29-11-5-9-27-7-1-3-13-35(27)29)34-22-26(20-32(24-34)38(50)51)16-18-30-12-6-10-28-8-2-4-14-36(28)30/h1-14,19-24H,(H,48,49)(H,50,51). The molecule has 6 aromatic carbocycles. The molecule has 6 aromatic rings. The second kappa shape index (κ2) is 13.1. The lowest BCUT2D eigenvalue weighted by molar-refractivity contribution is -0.288. The molecule has 0 spiro atoms. The van der Waals surface area contributed by atoms with Gasteiger partial charge in [0.05, 0.1) is 11.1 Å². The molecule has 10 heteroatoms. The summed E-state index contributed by atoms with van der Waals surface area (Å²) in [5, 5.41) is 22.5. The molecule has 0 aliphatic heterocycles. The molecule has 51 heavy (non-hydrogen) atoms. The third kappa shape index (κ3) is 6.48. The van der Waals surface area contributed by atoms with Gasteiger partial charge >= 0.3 is 24.3 Å². The highest BCUT2D eigenvalue weighted by molar-refractivity contribution is 5.91. The molecular formula is C41H22F6O4. The topological polar surface area (TPSA) is 74.6 Å². The highest BCUT2D eigenvalue weighted by Crippen LogP contribution is 2.56. The Morgan fingerprint density at radius 2 is 0.843 bits per heavy atom. The van der Waals surface area contributed by atoms with Crippen LogP contribution in [0.5, 0.6) is 0 Å². The lowest BCUT2D eigenvalue weighted by Crippen LogP contribution is -2.55. The molecule has 0 amide bonds. The molecule has 252 valence electrons. The first-order valence-electron chi connectivity index (χ1n) is 15.1. The van der Waals surface area contributed by atoms with Crippen LogP contribution in [0.15, 0.2) is 121 Å². The van der Waals surface area contributed by atoms with E-state index in [0.717, 1.165) is 22.9 Å². The zero-order chi connectivity index (χ0) is 36.6. The van der Waals surface area contributed by atoms with Gasteiger partial charge in [0.25, 0.3) is 0 Å². The molecule has 0 fully saturated rings. The van der Waals surface area contributed by atoms with E-state index in [1.54, 1.807) is 84.9 Å². The number of benzene rings is 6. The van der Waals surface area contributed by atoms with Crippen LogP contribution < -0.4 is 0 Å². The van der Waals surface area contributed by atoms with Crippen LogP contribution >= 0.6 is 0 Å². The Hall–Kier alpha value is -6.52. The maximum atomic E-state index is 15.3. The summed E-state index contributed by atoms with van der Waals surface area (Å²) in [5.74, 6) is 6.97. The highest BCUT2D eigenvalue weighted by Gasteiger charge is 2.72.